The average molecular weight is 454 g/mol. The van der Waals surface area contributed by atoms with E-state index in [-0.39, 0.29) is 12.6 Å². The molecule has 3 rings (SSSR count). The maximum absolute atomic E-state index is 12.3. The zero-order valence-electron chi connectivity index (χ0n) is 16.3. The molecule has 0 aliphatic heterocycles. The summed E-state index contributed by atoms with van der Waals surface area (Å²) < 4.78 is 12.5. The largest absolute Gasteiger partial charge is 0.489 e. The van der Waals surface area contributed by atoms with E-state index in [1.54, 1.807) is 0 Å². The Morgan fingerprint density at radius 1 is 0.931 bits per heavy atom. The predicted octanol–water partition coefficient (Wildman–Crippen LogP) is 6.41. The van der Waals surface area contributed by atoms with Crippen molar-refractivity contribution in [1.29, 1.82) is 0 Å². The lowest BCUT2D eigenvalue weighted by Crippen LogP contribution is -2.29. The summed E-state index contributed by atoms with van der Waals surface area (Å²) in [5.74, 6) is 0.749. The van der Waals surface area contributed by atoms with Crippen molar-refractivity contribution in [2.45, 2.75) is 32.6 Å². The zero-order chi connectivity index (χ0) is 20.5. The van der Waals surface area contributed by atoms with Crippen LogP contribution < -0.4 is 10.1 Å². The van der Waals surface area contributed by atoms with Gasteiger partial charge < -0.3 is 14.8 Å². The van der Waals surface area contributed by atoms with Crippen molar-refractivity contribution >= 4 is 22.0 Å². The molecule has 150 valence electrons. The van der Waals surface area contributed by atoms with Crippen LogP contribution in [0.15, 0.2) is 83.3 Å². The third kappa shape index (κ3) is 6.09. The molecule has 0 aromatic heterocycles. The number of halogens is 1. The van der Waals surface area contributed by atoms with E-state index in [4.69, 9.17) is 9.47 Å². The van der Waals surface area contributed by atoms with Crippen LogP contribution >= 0.6 is 15.9 Å². The van der Waals surface area contributed by atoms with Crippen molar-refractivity contribution in [3.8, 4) is 5.75 Å². The fourth-order valence-electron chi connectivity index (χ4n) is 2.98. The highest BCUT2D eigenvalue weighted by Gasteiger charge is 2.18. The molecule has 1 N–H and O–H groups in total. The van der Waals surface area contributed by atoms with E-state index in [2.05, 4.69) is 21.2 Å². The lowest BCUT2D eigenvalue weighted by atomic mass is 10.0. The molecule has 0 saturated carbocycles. The van der Waals surface area contributed by atoms with Crippen molar-refractivity contribution in [2.75, 3.05) is 0 Å². The molecule has 0 saturated heterocycles. The van der Waals surface area contributed by atoms with E-state index in [0.29, 0.717) is 6.61 Å². The highest BCUT2D eigenvalue weighted by Crippen LogP contribution is 2.29. The Balaban J connectivity index is 1.64. The van der Waals surface area contributed by atoms with Gasteiger partial charge in [-0.3, -0.25) is 0 Å². The molecule has 0 heterocycles. The Kier molecular flexibility index (Phi) is 7.70. The van der Waals surface area contributed by atoms with Gasteiger partial charge in [0.15, 0.2) is 0 Å². The summed E-state index contributed by atoms with van der Waals surface area (Å²) in [4.78, 5) is 12.3. The first-order chi connectivity index (χ1) is 14.2. The highest BCUT2D eigenvalue weighted by atomic mass is 79.9. The number of rotatable bonds is 8. The predicted molar refractivity (Wildman–Crippen MR) is 118 cm³/mol. The SMILES string of the molecule is CCC(NC(=O)OCc1ccccc1)c1ccccc1OCc1ccccc1Br. The molecular weight excluding hydrogens is 430 g/mol. The lowest BCUT2D eigenvalue weighted by Gasteiger charge is -2.21. The number of ether oxygens (including phenoxy) is 2. The standard InChI is InChI=1S/C24H24BrNO3/c1-2-22(26-24(27)29-16-18-10-4-3-5-11-18)20-13-7-9-15-23(20)28-17-19-12-6-8-14-21(19)25/h3-15,22H,2,16-17H2,1H3,(H,26,27). The maximum Gasteiger partial charge on any atom is 0.407 e. The molecule has 0 bridgehead atoms. The minimum atomic E-state index is -0.443. The lowest BCUT2D eigenvalue weighted by molar-refractivity contribution is 0.135. The number of carbonyl (C=O) groups is 1. The molecule has 0 spiro atoms. The Labute approximate surface area is 180 Å². The molecule has 0 aliphatic rings. The van der Waals surface area contributed by atoms with Crippen LogP contribution in [-0.2, 0) is 18.0 Å². The number of carbonyl (C=O) groups excluding carboxylic acids is 1. The number of para-hydroxylation sites is 1. The van der Waals surface area contributed by atoms with Crippen LogP contribution in [0.5, 0.6) is 5.75 Å². The number of hydrogen-bond acceptors (Lipinski definition) is 3. The summed E-state index contributed by atoms with van der Waals surface area (Å²) in [5, 5.41) is 2.95. The second-order valence-electron chi connectivity index (χ2n) is 6.58. The molecule has 5 heteroatoms. The Bertz CT molecular complexity index is 930. The van der Waals surface area contributed by atoms with Crippen LogP contribution in [0.4, 0.5) is 4.79 Å². The van der Waals surface area contributed by atoms with Gasteiger partial charge in [-0.15, -0.1) is 0 Å². The number of amides is 1. The highest BCUT2D eigenvalue weighted by molar-refractivity contribution is 9.10. The van der Waals surface area contributed by atoms with Crippen LogP contribution in [0.25, 0.3) is 0 Å². The second kappa shape index (κ2) is 10.7. The Hall–Kier alpha value is -2.79. The average Bonchev–Trinajstić information content (AvgIpc) is 2.76. The van der Waals surface area contributed by atoms with Gasteiger partial charge in [0.1, 0.15) is 19.0 Å². The van der Waals surface area contributed by atoms with Gasteiger partial charge in [0.25, 0.3) is 0 Å². The molecule has 0 radical (unpaired) electrons. The van der Waals surface area contributed by atoms with Gasteiger partial charge in [0.05, 0.1) is 6.04 Å². The van der Waals surface area contributed by atoms with Crippen LogP contribution in [0.3, 0.4) is 0 Å². The number of alkyl carbamates (subject to hydrolysis) is 1. The number of benzene rings is 3. The minimum absolute atomic E-state index is 0.200. The van der Waals surface area contributed by atoms with Gasteiger partial charge >= 0.3 is 6.09 Å². The molecule has 0 fully saturated rings. The molecule has 29 heavy (non-hydrogen) atoms. The summed E-state index contributed by atoms with van der Waals surface area (Å²) in [5.41, 5.74) is 2.94. The Morgan fingerprint density at radius 2 is 1.62 bits per heavy atom. The van der Waals surface area contributed by atoms with Gasteiger partial charge in [-0.25, -0.2) is 4.79 Å². The van der Waals surface area contributed by atoms with Gasteiger partial charge in [-0.1, -0.05) is 89.6 Å². The number of nitrogens with one attached hydrogen (secondary N) is 1. The molecule has 1 atom stereocenters. The topological polar surface area (TPSA) is 47.6 Å². The second-order valence-corrected chi connectivity index (χ2v) is 7.44. The van der Waals surface area contributed by atoms with Crippen molar-refractivity contribution in [3.63, 3.8) is 0 Å². The first kappa shape index (κ1) is 20.9. The smallest absolute Gasteiger partial charge is 0.407 e. The van der Waals surface area contributed by atoms with E-state index in [1.165, 1.54) is 0 Å². The minimum Gasteiger partial charge on any atom is -0.489 e. The quantitative estimate of drug-likeness (QED) is 0.428. The summed E-state index contributed by atoms with van der Waals surface area (Å²) in [6.07, 6.45) is 0.275. The van der Waals surface area contributed by atoms with Crippen LogP contribution in [0, 0.1) is 0 Å². The third-order valence-electron chi connectivity index (χ3n) is 4.55. The van der Waals surface area contributed by atoms with Crippen LogP contribution in [-0.4, -0.2) is 6.09 Å². The van der Waals surface area contributed by atoms with Gasteiger partial charge in [0, 0.05) is 15.6 Å². The van der Waals surface area contributed by atoms with Gasteiger partial charge in [-0.2, -0.15) is 0 Å². The van der Waals surface area contributed by atoms with Gasteiger partial charge in [-0.05, 0) is 24.1 Å². The van der Waals surface area contributed by atoms with E-state index >= 15 is 0 Å². The van der Waals surface area contributed by atoms with E-state index in [0.717, 1.165) is 33.3 Å². The fraction of sp³-hybridized carbons (Fsp3) is 0.208. The van der Waals surface area contributed by atoms with E-state index in [1.807, 2.05) is 85.8 Å². The fourth-order valence-corrected chi connectivity index (χ4v) is 3.38. The van der Waals surface area contributed by atoms with Crippen molar-refractivity contribution in [3.05, 3.63) is 100 Å². The molecule has 1 unspecified atom stereocenters. The number of hydrogen-bond donors (Lipinski definition) is 1. The molecule has 3 aromatic rings. The van der Waals surface area contributed by atoms with Crippen molar-refractivity contribution in [2.24, 2.45) is 0 Å². The summed E-state index contributed by atoms with van der Waals surface area (Å²) >= 11 is 3.55. The third-order valence-corrected chi connectivity index (χ3v) is 5.32. The molecule has 1 amide bonds. The monoisotopic (exact) mass is 453 g/mol. The molecule has 4 nitrogen and oxygen atoms in total. The summed E-state index contributed by atoms with van der Waals surface area (Å²) in [7, 11) is 0. The zero-order valence-corrected chi connectivity index (χ0v) is 17.9. The van der Waals surface area contributed by atoms with Crippen LogP contribution in [0.1, 0.15) is 36.1 Å². The molecular formula is C24H24BrNO3. The van der Waals surface area contributed by atoms with Crippen molar-refractivity contribution in [1.82, 2.24) is 5.32 Å². The van der Waals surface area contributed by atoms with Crippen molar-refractivity contribution < 1.29 is 14.3 Å². The molecule has 3 aromatic carbocycles. The van der Waals surface area contributed by atoms with Gasteiger partial charge in [0.2, 0.25) is 0 Å². The summed E-state index contributed by atoms with van der Waals surface area (Å²) in [6, 6.07) is 25.2. The van der Waals surface area contributed by atoms with E-state index in [9.17, 15) is 4.79 Å². The van der Waals surface area contributed by atoms with E-state index < -0.39 is 6.09 Å². The Morgan fingerprint density at radius 3 is 2.38 bits per heavy atom. The van der Waals surface area contributed by atoms with Crippen LogP contribution in [0.2, 0.25) is 0 Å². The maximum atomic E-state index is 12.3. The first-order valence-electron chi connectivity index (χ1n) is 9.59. The molecule has 0 aliphatic carbocycles. The first-order valence-corrected chi connectivity index (χ1v) is 10.4. The summed E-state index contributed by atoms with van der Waals surface area (Å²) in [6.45, 7) is 2.70. The normalized spacial score (nSPS) is 11.5.